The molecule has 7 heteroatoms. The normalized spacial score (nSPS) is 11.8. The van der Waals surface area contributed by atoms with Crippen LogP contribution in [0.3, 0.4) is 0 Å². The summed E-state index contributed by atoms with van der Waals surface area (Å²) in [4.78, 5) is 28.6. The smallest absolute Gasteiger partial charge is 0.253 e. The minimum absolute atomic E-state index is 0.214. The third-order valence-corrected chi connectivity index (χ3v) is 4.45. The zero-order valence-corrected chi connectivity index (χ0v) is 15.4. The molecule has 0 spiro atoms. The number of para-hydroxylation sites is 1. The van der Waals surface area contributed by atoms with E-state index in [9.17, 15) is 9.59 Å². The zero-order chi connectivity index (χ0) is 19.4. The molecular weight excluding hydrogens is 366 g/mol. The van der Waals surface area contributed by atoms with Crippen LogP contribution in [0.5, 0.6) is 5.75 Å². The van der Waals surface area contributed by atoms with Crippen LogP contribution in [0.25, 0.3) is 10.9 Å². The Hall–Kier alpha value is -3.12. The Morgan fingerprint density at radius 3 is 2.70 bits per heavy atom. The van der Waals surface area contributed by atoms with Crippen molar-refractivity contribution >= 4 is 34.3 Å². The minimum Gasteiger partial charge on any atom is -0.495 e. The number of pyridine rings is 1. The third-order valence-electron chi connectivity index (χ3n) is 4.16. The number of ether oxygens (including phenoxy) is 1. The van der Waals surface area contributed by atoms with Crippen LogP contribution in [0.2, 0.25) is 5.02 Å². The first-order chi connectivity index (χ1) is 13.0. The molecule has 1 atom stereocenters. The van der Waals surface area contributed by atoms with Crippen molar-refractivity contribution < 1.29 is 14.3 Å². The number of carbonyl (C=O) groups is 2. The topological polar surface area (TPSA) is 94.3 Å². The lowest BCUT2D eigenvalue weighted by molar-refractivity contribution is -0.119. The van der Waals surface area contributed by atoms with E-state index >= 15 is 0 Å². The van der Waals surface area contributed by atoms with Crippen LogP contribution in [-0.2, 0) is 11.2 Å². The molecule has 0 radical (unpaired) electrons. The predicted octanol–water partition coefficient (Wildman–Crippen LogP) is 2.72. The van der Waals surface area contributed by atoms with Crippen LogP contribution in [0.1, 0.15) is 15.9 Å². The van der Waals surface area contributed by atoms with Gasteiger partial charge in [0, 0.05) is 18.0 Å². The van der Waals surface area contributed by atoms with Gasteiger partial charge >= 0.3 is 0 Å². The number of nitrogens with two attached hydrogens (primary N) is 1. The summed E-state index contributed by atoms with van der Waals surface area (Å²) < 4.78 is 5.11. The maximum atomic E-state index is 12.6. The van der Waals surface area contributed by atoms with E-state index in [-0.39, 0.29) is 6.42 Å². The summed E-state index contributed by atoms with van der Waals surface area (Å²) in [6, 6.07) is 13.5. The molecule has 2 aromatic carbocycles. The average molecular weight is 384 g/mol. The van der Waals surface area contributed by atoms with Gasteiger partial charge in [-0.2, -0.15) is 0 Å². The Balaban J connectivity index is 1.77. The molecule has 1 aromatic heterocycles. The Labute approximate surface area is 161 Å². The van der Waals surface area contributed by atoms with Crippen molar-refractivity contribution in [2.45, 2.75) is 12.5 Å². The molecule has 1 heterocycles. The van der Waals surface area contributed by atoms with E-state index in [4.69, 9.17) is 22.1 Å². The van der Waals surface area contributed by atoms with Gasteiger partial charge in [0.05, 0.1) is 23.2 Å². The number of methoxy groups -OCH3 is 1. The zero-order valence-electron chi connectivity index (χ0n) is 14.6. The van der Waals surface area contributed by atoms with Crippen LogP contribution in [0.15, 0.2) is 54.7 Å². The van der Waals surface area contributed by atoms with E-state index in [1.54, 1.807) is 24.3 Å². The van der Waals surface area contributed by atoms with Crippen LogP contribution >= 0.6 is 11.6 Å². The van der Waals surface area contributed by atoms with Gasteiger partial charge in [0.1, 0.15) is 11.8 Å². The minimum atomic E-state index is -0.881. The third kappa shape index (κ3) is 4.35. The summed E-state index contributed by atoms with van der Waals surface area (Å²) in [7, 11) is 1.52. The van der Waals surface area contributed by atoms with E-state index in [0.29, 0.717) is 16.3 Å². The van der Waals surface area contributed by atoms with Gasteiger partial charge in [-0.3, -0.25) is 14.6 Å². The highest BCUT2D eigenvalue weighted by atomic mass is 35.5. The molecule has 0 fully saturated rings. The predicted molar refractivity (Wildman–Crippen MR) is 104 cm³/mol. The fourth-order valence-corrected chi connectivity index (χ4v) is 3.01. The number of nitrogens with zero attached hydrogens (tertiary/aromatic N) is 1. The molecule has 0 aliphatic heterocycles. The van der Waals surface area contributed by atoms with Gasteiger partial charge in [-0.1, -0.05) is 35.9 Å². The van der Waals surface area contributed by atoms with Gasteiger partial charge in [0.15, 0.2) is 0 Å². The summed E-state index contributed by atoms with van der Waals surface area (Å²) in [5.74, 6) is -0.525. The molecule has 3 rings (SSSR count). The number of fused-ring (bicyclic) bond motifs is 1. The molecule has 3 N–H and O–H groups in total. The summed E-state index contributed by atoms with van der Waals surface area (Å²) in [6.07, 6.45) is 1.69. The number of rotatable bonds is 6. The number of carbonyl (C=O) groups excluding carboxylic acids is 2. The number of aromatic nitrogens is 1. The first-order valence-corrected chi connectivity index (χ1v) is 8.63. The van der Waals surface area contributed by atoms with Crippen molar-refractivity contribution in [2.24, 2.45) is 5.73 Å². The van der Waals surface area contributed by atoms with Crippen molar-refractivity contribution in [3.05, 3.63) is 70.9 Å². The Bertz CT molecular complexity index is 1010. The number of hydrogen-bond acceptors (Lipinski definition) is 4. The molecule has 0 aliphatic rings. The second kappa shape index (κ2) is 8.05. The first kappa shape index (κ1) is 18.7. The fourth-order valence-electron chi connectivity index (χ4n) is 2.73. The summed E-state index contributed by atoms with van der Waals surface area (Å²) >= 11 is 6.11. The van der Waals surface area contributed by atoms with Gasteiger partial charge in [-0.05, 0) is 29.8 Å². The average Bonchev–Trinajstić information content (AvgIpc) is 2.67. The molecule has 2 amide bonds. The quantitative estimate of drug-likeness (QED) is 0.684. The lowest BCUT2D eigenvalue weighted by Crippen LogP contribution is -2.45. The Morgan fingerprint density at radius 1 is 1.22 bits per heavy atom. The SMILES string of the molecule is COc1ccc(C[C@@H](NC(=O)c2cnc3ccccc3c2)C(N)=O)cc1Cl. The lowest BCUT2D eigenvalue weighted by atomic mass is 10.0. The largest absolute Gasteiger partial charge is 0.495 e. The lowest BCUT2D eigenvalue weighted by Gasteiger charge is -2.16. The number of amides is 2. The standard InChI is InChI=1S/C20H18ClN3O3/c1-27-18-7-6-12(8-15(18)21)9-17(19(22)25)24-20(26)14-10-13-4-2-3-5-16(13)23-11-14/h2-8,10-11,17H,9H2,1H3,(H2,22,25)(H,24,26)/t17-/m1/s1. The molecular formula is C20H18ClN3O3. The molecule has 0 saturated carbocycles. The summed E-state index contributed by atoms with van der Waals surface area (Å²) in [5.41, 5.74) is 7.36. The van der Waals surface area contributed by atoms with Gasteiger partial charge < -0.3 is 15.8 Å². The van der Waals surface area contributed by atoms with Crippen molar-refractivity contribution in [2.75, 3.05) is 7.11 Å². The van der Waals surface area contributed by atoms with Crippen molar-refractivity contribution in [1.29, 1.82) is 0 Å². The number of hydrogen-bond donors (Lipinski definition) is 2. The Kier molecular flexibility index (Phi) is 5.57. The van der Waals surface area contributed by atoms with Gasteiger partial charge in [0.25, 0.3) is 5.91 Å². The summed E-state index contributed by atoms with van der Waals surface area (Å²) in [6.45, 7) is 0. The molecule has 6 nitrogen and oxygen atoms in total. The van der Waals surface area contributed by atoms with E-state index < -0.39 is 17.9 Å². The maximum absolute atomic E-state index is 12.6. The molecule has 27 heavy (non-hydrogen) atoms. The van der Waals surface area contributed by atoms with E-state index in [2.05, 4.69) is 10.3 Å². The van der Waals surface area contributed by atoms with Crippen LogP contribution in [-0.4, -0.2) is 29.9 Å². The number of halogens is 1. The number of benzene rings is 2. The first-order valence-electron chi connectivity index (χ1n) is 8.25. The highest BCUT2D eigenvalue weighted by Gasteiger charge is 2.20. The van der Waals surface area contributed by atoms with Gasteiger partial charge in [0.2, 0.25) is 5.91 Å². The molecule has 0 bridgehead atoms. The fraction of sp³-hybridized carbons (Fsp3) is 0.150. The second-order valence-corrected chi connectivity index (χ2v) is 6.43. The molecule has 0 aliphatic carbocycles. The highest BCUT2D eigenvalue weighted by molar-refractivity contribution is 6.32. The van der Waals surface area contributed by atoms with Crippen LogP contribution < -0.4 is 15.8 Å². The van der Waals surface area contributed by atoms with Gasteiger partial charge in [-0.15, -0.1) is 0 Å². The number of primary amides is 1. The van der Waals surface area contributed by atoms with Gasteiger partial charge in [-0.25, -0.2) is 0 Å². The van der Waals surface area contributed by atoms with E-state index in [1.807, 2.05) is 24.3 Å². The van der Waals surface area contributed by atoms with Crippen LogP contribution in [0, 0.1) is 0 Å². The molecule has 0 saturated heterocycles. The molecule has 138 valence electrons. The molecule has 0 unspecified atom stereocenters. The maximum Gasteiger partial charge on any atom is 0.253 e. The monoisotopic (exact) mass is 383 g/mol. The van der Waals surface area contributed by atoms with Crippen LogP contribution in [0.4, 0.5) is 0 Å². The summed E-state index contributed by atoms with van der Waals surface area (Å²) in [5, 5.41) is 3.92. The molecule has 3 aromatic rings. The van der Waals surface area contributed by atoms with Crippen molar-refractivity contribution in [1.82, 2.24) is 10.3 Å². The van der Waals surface area contributed by atoms with Crippen molar-refractivity contribution in [3.8, 4) is 5.75 Å². The highest BCUT2D eigenvalue weighted by Crippen LogP contribution is 2.25. The van der Waals surface area contributed by atoms with Crippen molar-refractivity contribution in [3.63, 3.8) is 0 Å². The van der Waals surface area contributed by atoms with E-state index in [0.717, 1.165) is 16.5 Å². The Morgan fingerprint density at radius 2 is 2.00 bits per heavy atom. The second-order valence-electron chi connectivity index (χ2n) is 6.02. The van der Waals surface area contributed by atoms with E-state index in [1.165, 1.54) is 13.3 Å². The number of nitrogens with one attached hydrogen (secondary N) is 1.